The van der Waals surface area contributed by atoms with Crippen LogP contribution in [0.15, 0.2) is 18.2 Å². The second-order valence-electron chi connectivity index (χ2n) is 7.95. The van der Waals surface area contributed by atoms with E-state index in [2.05, 4.69) is 21.6 Å². The summed E-state index contributed by atoms with van der Waals surface area (Å²) in [7, 11) is 1.72. The Labute approximate surface area is 170 Å². The van der Waals surface area contributed by atoms with Gasteiger partial charge in [0.1, 0.15) is 6.04 Å². The number of ether oxygens (including phenoxy) is 1. The van der Waals surface area contributed by atoms with Crippen LogP contribution in [0.3, 0.4) is 0 Å². The molecule has 2 atom stereocenters. The van der Waals surface area contributed by atoms with Crippen LogP contribution in [-0.2, 0) is 27.4 Å². The minimum Gasteiger partial charge on any atom is -0.385 e. The third kappa shape index (κ3) is 4.05. The number of hydrogen-bond acceptors (Lipinski definition) is 6. The summed E-state index contributed by atoms with van der Waals surface area (Å²) in [6, 6.07) is 5.66. The van der Waals surface area contributed by atoms with E-state index >= 15 is 0 Å². The van der Waals surface area contributed by atoms with Crippen LogP contribution >= 0.6 is 0 Å². The summed E-state index contributed by atoms with van der Waals surface area (Å²) in [4.78, 5) is 40.8. The van der Waals surface area contributed by atoms with Gasteiger partial charge in [-0.2, -0.15) is 0 Å². The molecular formula is C21H28N4O4. The molecule has 2 saturated heterocycles. The Morgan fingerprint density at radius 2 is 2.10 bits per heavy atom. The minimum absolute atomic E-state index is 0.118. The quantitative estimate of drug-likeness (QED) is 0.666. The number of carbonyl (C=O) groups excluding carboxylic acids is 3. The lowest BCUT2D eigenvalue weighted by Crippen LogP contribution is -2.52. The molecule has 1 aromatic rings. The van der Waals surface area contributed by atoms with Crippen molar-refractivity contribution in [3.05, 3.63) is 34.9 Å². The lowest BCUT2D eigenvalue weighted by atomic mass is 10.0. The van der Waals surface area contributed by atoms with E-state index in [9.17, 15) is 14.4 Å². The van der Waals surface area contributed by atoms with Crippen LogP contribution in [0, 0.1) is 0 Å². The Morgan fingerprint density at radius 1 is 1.24 bits per heavy atom. The van der Waals surface area contributed by atoms with E-state index in [1.165, 1.54) is 0 Å². The summed E-state index contributed by atoms with van der Waals surface area (Å²) in [6.07, 6.45) is 1.61. The highest BCUT2D eigenvalue weighted by molar-refractivity contribution is 6.05. The molecule has 0 aliphatic carbocycles. The van der Waals surface area contributed by atoms with Gasteiger partial charge in [0.15, 0.2) is 0 Å². The molecule has 3 heterocycles. The first-order valence-electron chi connectivity index (χ1n) is 10.3. The number of nitrogens with zero attached hydrogens (tertiary/aromatic N) is 2. The van der Waals surface area contributed by atoms with Crippen LogP contribution in [0.1, 0.15) is 40.7 Å². The maximum absolute atomic E-state index is 13.0. The Kier molecular flexibility index (Phi) is 5.94. The zero-order chi connectivity index (χ0) is 20.4. The van der Waals surface area contributed by atoms with E-state index in [0.717, 1.165) is 50.3 Å². The molecule has 3 aliphatic rings. The Morgan fingerprint density at radius 3 is 2.90 bits per heavy atom. The summed E-state index contributed by atoms with van der Waals surface area (Å²) in [5.74, 6) is -0.754. The van der Waals surface area contributed by atoms with Crippen molar-refractivity contribution in [1.29, 1.82) is 0 Å². The first kappa shape index (κ1) is 20.0. The van der Waals surface area contributed by atoms with Gasteiger partial charge in [-0.05, 0) is 30.0 Å². The average Bonchev–Trinajstić information content (AvgIpc) is 3.05. The maximum Gasteiger partial charge on any atom is 0.255 e. The van der Waals surface area contributed by atoms with Crippen molar-refractivity contribution in [1.82, 2.24) is 20.4 Å². The van der Waals surface area contributed by atoms with Gasteiger partial charge >= 0.3 is 0 Å². The van der Waals surface area contributed by atoms with Crippen molar-refractivity contribution in [3.8, 4) is 0 Å². The highest BCUT2D eigenvalue weighted by atomic mass is 16.5. The van der Waals surface area contributed by atoms with Crippen LogP contribution in [0.25, 0.3) is 0 Å². The summed E-state index contributed by atoms with van der Waals surface area (Å²) in [6.45, 7) is 4.74. The van der Waals surface area contributed by atoms with Gasteiger partial charge in [-0.3, -0.25) is 24.6 Å². The predicted molar refractivity (Wildman–Crippen MR) is 106 cm³/mol. The van der Waals surface area contributed by atoms with Gasteiger partial charge in [-0.25, -0.2) is 0 Å². The van der Waals surface area contributed by atoms with Crippen molar-refractivity contribution < 1.29 is 19.1 Å². The number of amides is 3. The fourth-order valence-corrected chi connectivity index (χ4v) is 4.57. The molecule has 4 rings (SSSR count). The van der Waals surface area contributed by atoms with Gasteiger partial charge in [0.25, 0.3) is 5.91 Å². The highest BCUT2D eigenvalue weighted by Gasteiger charge is 2.40. The SMILES string of the molecule is COCCC1CNCCN1Cc1cccc2c1CN(C1CCC(=O)NC1=O)C2=O. The van der Waals surface area contributed by atoms with E-state index in [-0.39, 0.29) is 24.1 Å². The third-order valence-electron chi connectivity index (χ3n) is 6.18. The molecule has 156 valence electrons. The summed E-state index contributed by atoms with van der Waals surface area (Å²) in [5.41, 5.74) is 2.82. The molecule has 0 bridgehead atoms. The molecule has 3 aliphatic heterocycles. The summed E-state index contributed by atoms with van der Waals surface area (Å²) >= 11 is 0. The van der Waals surface area contributed by atoms with Crippen molar-refractivity contribution in [2.45, 2.75) is 44.4 Å². The molecule has 2 fully saturated rings. The molecule has 2 N–H and O–H groups in total. The average molecular weight is 400 g/mol. The first-order chi connectivity index (χ1) is 14.1. The molecule has 3 amide bonds. The van der Waals surface area contributed by atoms with Gasteiger partial charge in [0.2, 0.25) is 11.8 Å². The van der Waals surface area contributed by atoms with E-state index < -0.39 is 6.04 Å². The van der Waals surface area contributed by atoms with Crippen molar-refractivity contribution in [3.63, 3.8) is 0 Å². The van der Waals surface area contributed by atoms with E-state index in [0.29, 0.717) is 24.6 Å². The third-order valence-corrected chi connectivity index (χ3v) is 6.18. The number of nitrogens with one attached hydrogen (secondary N) is 2. The molecule has 2 unspecified atom stereocenters. The van der Waals surface area contributed by atoms with E-state index in [1.54, 1.807) is 12.0 Å². The van der Waals surface area contributed by atoms with Crippen LogP contribution in [-0.4, -0.2) is 73.0 Å². The topological polar surface area (TPSA) is 91.0 Å². The van der Waals surface area contributed by atoms with Gasteiger partial charge in [0, 0.05) is 64.5 Å². The Hall–Kier alpha value is -2.29. The number of imide groups is 1. The van der Waals surface area contributed by atoms with E-state index in [1.807, 2.05) is 12.1 Å². The zero-order valence-electron chi connectivity index (χ0n) is 16.8. The number of rotatable bonds is 6. The number of fused-ring (bicyclic) bond motifs is 1. The summed E-state index contributed by atoms with van der Waals surface area (Å²) in [5, 5.41) is 5.81. The number of hydrogen-bond donors (Lipinski definition) is 2. The molecular weight excluding hydrogens is 372 g/mol. The van der Waals surface area contributed by atoms with Crippen molar-refractivity contribution in [2.24, 2.45) is 0 Å². The lowest BCUT2D eigenvalue weighted by molar-refractivity contribution is -0.136. The second kappa shape index (κ2) is 8.61. The molecule has 1 aromatic carbocycles. The monoisotopic (exact) mass is 400 g/mol. The predicted octanol–water partition coefficient (Wildman–Crippen LogP) is 0.258. The number of piperazine rings is 1. The molecule has 0 aromatic heterocycles. The number of carbonyl (C=O) groups is 3. The van der Waals surface area contributed by atoms with Gasteiger partial charge in [-0.1, -0.05) is 12.1 Å². The van der Waals surface area contributed by atoms with Crippen molar-refractivity contribution >= 4 is 17.7 Å². The zero-order valence-corrected chi connectivity index (χ0v) is 16.8. The number of methoxy groups -OCH3 is 1. The van der Waals surface area contributed by atoms with Gasteiger partial charge < -0.3 is 15.0 Å². The molecule has 0 radical (unpaired) electrons. The fraction of sp³-hybridized carbons (Fsp3) is 0.571. The van der Waals surface area contributed by atoms with E-state index in [4.69, 9.17) is 4.74 Å². The van der Waals surface area contributed by atoms with Crippen LogP contribution in [0.5, 0.6) is 0 Å². The smallest absolute Gasteiger partial charge is 0.255 e. The highest BCUT2D eigenvalue weighted by Crippen LogP contribution is 2.30. The molecule has 0 saturated carbocycles. The van der Waals surface area contributed by atoms with Gasteiger partial charge in [0.05, 0.1) is 0 Å². The minimum atomic E-state index is -0.575. The number of piperidine rings is 1. The van der Waals surface area contributed by atoms with Crippen LogP contribution in [0.4, 0.5) is 0 Å². The number of benzene rings is 1. The van der Waals surface area contributed by atoms with Gasteiger partial charge in [-0.15, -0.1) is 0 Å². The molecule has 8 nitrogen and oxygen atoms in total. The maximum atomic E-state index is 13.0. The van der Waals surface area contributed by atoms with Crippen LogP contribution < -0.4 is 10.6 Å². The van der Waals surface area contributed by atoms with Crippen LogP contribution in [0.2, 0.25) is 0 Å². The normalized spacial score (nSPS) is 25.3. The molecule has 8 heteroatoms. The lowest BCUT2D eigenvalue weighted by Gasteiger charge is -2.36. The van der Waals surface area contributed by atoms with Crippen molar-refractivity contribution in [2.75, 3.05) is 33.4 Å². The molecule has 0 spiro atoms. The molecule has 29 heavy (non-hydrogen) atoms. The standard InChI is InChI=1S/C21H28N4O4/c1-29-10-7-15-11-22-8-9-24(15)12-14-3-2-4-16-17(14)13-25(21(16)28)18-5-6-19(26)23-20(18)27/h2-4,15,18,22H,5-13H2,1H3,(H,23,26,27). The largest absolute Gasteiger partial charge is 0.385 e. The second-order valence-corrected chi connectivity index (χ2v) is 7.95. The first-order valence-corrected chi connectivity index (χ1v) is 10.3. The summed E-state index contributed by atoms with van der Waals surface area (Å²) < 4.78 is 5.26. The Bertz CT molecular complexity index is 812. The Balaban J connectivity index is 1.52. The fourth-order valence-electron chi connectivity index (χ4n) is 4.57.